The van der Waals surface area contributed by atoms with Crippen molar-refractivity contribution in [3.63, 3.8) is 0 Å². The number of alkyl halides is 10. The van der Waals surface area contributed by atoms with E-state index in [0.29, 0.717) is 0 Å². The molecule has 0 fully saturated rings. The minimum absolute atomic E-state index is 0.0850. The van der Waals surface area contributed by atoms with Crippen molar-refractivity contribution in [2.75, 3.05) is 0 Å². The largest absolute Gasteiger partial charge is 0.459 e. The average molecular weight is 401 g/mol. The zero-order valence-corrected chi connectivity index (χ0v) is 13.7. The van der Waals surface area contributed by atoms with Gasteiger partial charge in [0.1, 0.15) is 0 Å². The molecule has 0 saturated heterocycles. The van der Waals surface area contributed by atoms with Gasteiger partial charge in [-0.2, -0.15) is 55.0 Å². The van der Waals surface area contributed by atoms with Gasteiger partial charge in [0.25, 0.3) is 0 Å². The van der Waals surface area contributed by atoms with Crippen molar-refractivity contribution in [2.24, 2.45) is 0 Å². The maximum atomic E-state index is 13.2. The van der Waals surface area contributed by atoms with Crippen molar-refractivity contribution in [1.29, 1.82) is 0 Å². The first kappa shape index (κ1) is 22.8. The first-order valence-corrected chi connectivity index (χ1v) is 10.2. The molecule has 0 spiro atoms. The average Bonchev–Trinajstić information content (AvgIpc) is 2.32. The maximum Gasteiger partial charge on any atom is 0.459 e. The van der Waals surface area contributed by atoms with Gasteiger partial charge in [0.05, 0.1) is 0 Å². The Morgan fingerprint density at radius 2 is 1.17 bits per heavy atom. The predicted molar refractivity (Wildman–Crippen MR) is 67.6 cm³/mol. The van der Waals surface area contributed by atoms with E-state index in [4.69, 9.17) is 11.1 Å². The van der Waals surface area contributed by atoms with Crippen molar-refractivity contribution in [1.82, 2.24) is 0 Å². The lowest BCUT2D eigenvalue weighted by atomic mass is 10.1. The predicted octanol–water partition coefficient (Wildman–Crippen LogP) is 6.76. The number of hydrogen-bond donors (Lipinski definition) is 0. The molecule has 0 heterocycles. The SMILES string of the molecule is CCC[Si](Cl)(CCC(F)(F)F)CCC(F)(F)C(F)(F)C(F)(F)F. The smallest absolute Gasteiger partial charge is 0.200 e. The second kappa shape index (κ2) is 7.36. The van der Waals surface area contributed by atoms with Gasteiger partial charge in [0.2, 0.25) is 0 Å². The Bertz CT molecular complexity index is 378. The molecule has 0 saturated carbocycles. The highest BCUT2D eigenvalue weighted by Crippen LogP contribution is 2.50. The Morgan fingerprint density at radius 1 is 0.739 bits per heavy atom. The molecule has 12 heteroatoms. The van der Waals surface area contributed by atoms with Crippen LogP contribution in [0.4, 0.5) is 43.9 Å². The fraction of sp³-hybridized carbons (Fsp3) is 1.00. The summed E-state index contributed by atoms with van der Waals surface area (Å²) in [6, 6.07) is -1.75. The summed E-state index contributed by atoms with van der Waals surface area (Å²) >= 11 is 5.90. The lowest BCUT2D eigenvalue weighted by Crippen LogP contribution is -2.52. The van der Waals surface area contributed by atoms with Gasteiger partial charge >= 0.3 is 24.2 Å². The van der Waals surface area contributed by atoms with E-state index in [9.17, 15) is 43.9 Å². The maximum absolute atomic E-state index is 13.2. The topological polar surface area (TPSA) is 0 Å². The van der Waals surface area contributed by atoms with Crippen molar-refractivity contribution in [3.05, 3.63) is 0 Å². The normalized spacial score (nSPS) is 17.2. The number of hydrogen-bond acceptors (Lipinski definition) is 0. The van der Waals surface area contributed by atoms with Gasteiger partial charge in [-0.15, -0.1) is 0 Å². The van der Waals surface area contributed by atoms with Crippen LogP contribution in [0.2, 0.25) is 18.1 Å². The van der Waals surface area contributed by atoms with E-state index in [2.05, 4.69) is 0 Å². The third-order valence-electron chi connectivity index (χ3n) is 3.26. The van der Waals surface area contributed by atoms with Crippen LogP contribution in [-0.2, 0) is 0 Å². The fourth-order valence-corrected chi connectivity index (χ4v) is 6.21. The molecule has 140 valence electrons. The lowest BCUT2D eigenvalue weighted by molar-refractivity contribution is -0.354. The molecule has 0 aliphatic carbocycles. The van der Waals surface area contributed by atoms with Gasteiger partial charge < -0.3 is 0 Å². The van der Waals surface area contributed by atoms with Gasteiger partial charge in [0, 0.05) is 12.8 Å². The second-order valence-electron chi connectivity index (χ2n) is 5.29. The van der Waals surface area contributed by atoms with E-state index < -0.39 is 56.5 Å². The molecule has 0 aromatic rings. The zero-order chi connectivity index (χ0) is 18.7. The Morgan fingerprint density at radius 3 is 1.52 bits per heavy atom. The van der Waals surface area contributed by atoms with E-state index in [1.807, 2.05) is 0 Å². The molecule has 0 aliphatic rings. The zero-order valence-electron chi connectivity index (χ0n) is 11.9. The number of halogens is 11. The molecular formula is C11H15ClF10Si. The number of rotatable bonds is 8. The molecule has 0 nitrogen and oxygen atoms in total. The van der Waals surface area contributed by atoms with Gasteiger partial charge in [-0.3, -0.25) is 0 Å². The molecule has 0 aromatic heterocycles. The summed E-state index contributed by atoms with van der Waals surface area (Å²) in [6.45, 7) is 1.50. The summed E-state index contributed by atoms with van der Waals surface area (Å²) in [5.41, 5.74) is 0. The molecule has 0 N–H and O–H groups in total. The molecule has 0 aliphatic heterocycles. The Hall–Kier alpha value is -0.193. The van der Waals surface area contributed by atoms with E-state index in [-0.39, 0.29) is 12.5 Å². The Kier molecular flexibility index (Phi) is 7.30. The highest BCUT2D eigenvalue weighted by atomic mass is 35.6. The molecule has 1 unspecified atom stereocenters. The summed E-state index contributed by atoms with van der Waals surface area (Å²) in [5.74, 6) is -11.7. The van der Waals surface area contributed by atoms with E-state index in [0.717, 1.165) is 0 Å². The molecule has 0 amide bonds. The van der Waals surface area contributed by atoms with Gasteiger partial charge in [-0.05, 0) is 18.1 Å². The molecule has 0 aromatic carbocycles. The highest BCUT2D eigenvalue weighted by molar-refractivity contribution is 7.20. The molecule has 0 radical (unpaired) electrons. The Labute approximate surface area is 131 Å². The third kappa shape index (κ3) is 6.67. The van der Waals surface area contributed by atoms with Crippen molar-refractivity contribution >= 4 is 18.5 Å². The monoisotopic (exact) mass is 400 g/mol. The van der Waals surface area contributed by atoms with Crippen LogP contribution in [0.1, 0.15) is 26.2 Å². The van der Waals surface area contributed by atoms with Crippen LogP contribution in [0.25, 0.3) is 0 Å². The quantitative estimate of drug-likeness (QED) is 0.240. The fourth-order valence-electron chi connectivity index (χ4n) is 1.93. The first-order valence-electron chi connectivity index (χ1n) is 6.55. The standard InChI is InChI=1S/C11H15ClF10Si/c1-2-5-23(12,7-4-9(15,16)17)6-3-8(13,14)10(18,19)11(20,21)22/h2-7H2,1H3. The van der Waals surface area contributed by atoms with Gasteiger partial charge in [-0.1, -0.05) is 13.3 Å². The second-order valence-corrected chi connectivity index (χ2v) is 11.5. The van der Waals surface area contributed by atoms with Crippen LogP contribution < -0.4 is 0 Å². The van der Waals surface area contributed by atoms with Gasteiger partial charge in [0.15, 0.2) is 7.38 Å². The third-order valence-corrected chi connectivity index (χ3v) is 8.65. The highest BCUT2D eigenvalue weighted by Gasteiger charge is 2.72. The summed E-state index contributed by atoms with van der Waals surface area (Å²) < 4.78 is 125. The van der Waals surface area contributed by atoms with Crippen LogP contribution in [0, 0.1) is 0 Å². The van der Waals surface area contributed by atoms with Crippen molar-refractivity contribution < 1.29 is 43.9 Å². The molecule has 23 heavy (non-hydrogen) atoms. The van der Waals surface area contributed by atoms with Crippen LogP contribution in [0.15, 0.2) is 0 Å². The van der Waals surface area contributed by atoms with Crippen molar-refractivity contribution in [3.8, 4) is 0 Å². The minimum atomic E-state index is -6.45. The van der Waals surface area contributed by atoms with Crippen LogP contribution in [0.3, 0.4) is 0 Å². The molecule has 0 rings (SSSR count). The van der Waals surface area contributed by atoms with Crippen LogP contribution in [0.5, 0.6) is 0 Å². The van der Waals surface area contributed by atoms with Crippen molar-refractivity contribution in [2.45, 2.75) is 68.5 Å². The van der Waals surface area contributed by atoms with E-state index in [1.54, 1.807) is 0 Å². The lowest BCUT2D eigenvalue weighted by Gasteiger charge is -2.31. The van der Waals surface area contributed by atoms with E-state index in [1.165, 1.54) is 6.92 Å². The molecule has 0 bridgehead atoms. The minimum Gasteiger partial charge on any atom is -0.200 e. The first-order chi connectivity index (χ1) is 9.97. The summed E-state index contributed by atoms with van der Waals surface area (Å²) in [5, 5.41) is 0. The summed E-state index contributed by atoms with van der Waals surface area (Å²) in [7, 11) is -3.54. The van der Waals surface area contributed by atoms with E-state index >= 15 is 0 Å². The molecule has 1 atom stereocenters. The van der Waals surface area contributed by atoms with Gasteiger partial charge in [-0.25, -0.2) is 0 Å². The summed E-state index contributed by atoms with van der Waals surface area (Å²) in [6.07, 6.45) is -14.1. The van der Waals surface area contributed by atoms with Crippen LogP contribution in [-0.4, -0.2) is 31.6 Å². The Balaban J connectivity index is 5.04. The molecular weight excluding hydrogens is 386 g/mol. The van der Waals surface area contributed by atoms with Crippen LogP contribution >= 0.6 is 11.1 Å². The summed E-state index contributed by atoms with van der Waals surface area (Å²) in [4.78, 5) is 0.